The van der Waals surface area contributed by atoms with Crippen LogP contribution in [-0.2, 0) is 30.5 Å². The summed E-state index contributed by atoms with van der Waals surface area (Å²) >= 11 is 0. The first-order chi connectivity index (χ1) is 13.4. The Morgan fingerprint density at radius 2 is 1.71 bits per heavy atom. The lowest BCUT2D eigenvalue weighted by molar-refractivity contribution is -0.159. The number of nitrogens with one attached hydrogen (secondary N) is 1. The van der Waals surface area contributed by atoms with Crippen molar-refractivity contribution in [1.29, 1.82) is 0 Å². The molecule has 1 aromatic rings. The summed E-state index contributed by atoms with van der Waals surface area (Å²) < 4.78 is 17.8. The molecule has 28 heavy (non-hydrogen) atoms. The van der Waals surface area contributed by atoms with Crippen LogP contribution in [0.5, 0.6) is 0 Å². The van der Waals surface area contributed by atoms with E-state index in [0.717, 1.165) is 17.7 Å². The van der Waals surface area contributed by atoms with E-state index in [1.54, 1.807) is 0 Å². The first-order valence-corrected chi connectivity index (χ1v) is 9.43. The Hall–Kier alpha value is -2.77. The van der Waals surface area contributed by atoms with Crippen molar-refractivity contribution in [2.75, 3.05) is 6.61 Å². The van der Waals surface area contributed by atoms with Gasteiger partial charge in [-0.15, -0.1) is 0 Å². The summed E-state index contributed by atoms with van der Waals surface area (Å²) in [4.78, 5) is 50.1. The van der Waals surface area contributed by atoms with Gasteiger partial charge in [0.15, 0.2) is 6.61 Å². The molecule has 7 nitrogen and oxygen atoms in total. The molecular weight excluding hydrogens is 367 g/mol. The summed E-state index contributed by atoms with van der Waals surface area (Å²) in [5.41, 5.74) is 0.699. The number of esters is 1. The summed E-state index contributed by atoms with van der Waals surface area (Å²) in [5, 5.41) is 2.55. The van der Waals surface area contributed by atoms with Gasteiger partial charge in [-0.2, -0.15) is 0 Å². The first-order valence-electron chi connectivity index (χ1n) is 9.43. The van der Waals surface area contributed by atoms with Crippen LogP contribution >= 0.6 is 0 Å². The number of benzene rings is 1. The van der Waals surface area contributed by atoms with Crippen LogP contribution in [0.4, 0.5) is 4.39 Å². The molecule has 1 N–H and O–H groups in total. The number of rotatable bonds is 6. The summed E-state index contributed by atoms with van der Waals surface area (Å²) in [6.07, 6.45) is 3.14. The molecule has 0 unspecified atom stereocenters. The number of carbonyl (C=O) groups excluding carboxylic acids is 4. The highest BCUT2D eigenvalue weighted by Gasteiger charge is 2.51. The summed E-state index contributed by atoms with van der Waals surface area (Å²) in [6.45, 7) is 1.08. The van der Waals surface area contributed by atoms with Crippen molar-refractivity contribution in [2.45, 2.75) is 45.2 Å². The van der Waals surface area contributed by atoms with Crippen molar-refractivity contribution < 1.29 is 28.3 Å². The molecule has 0 spiro atoms. The quantitative estimate of drug-likeness (QED) is 0.588. The third kappa shape index (κ3) is 4.21. The maximum atomic E-state index is 12.9. The predicted molar refractivity (Wildman–Crippen MR) is 96.0 cm³/mol. The fraction of sp³-hybridized carbons (Fsp3) is 0.500. The van der Waals surface area contributed by atoms with Crippen LogP contribution in [-0.4, -0.2) is 41.2 Å². The van der Waals surface area contributed by atoms with Gasteiger partial charge in [-0.05, 0) is 37.5 Å². The molecule has 1 aliphatic carbocycles. The molecule has 0 aromatic heterocycles. The van der Waals surface area contributed by atoms with Gasteiger partial charge in [0.2, 0.25) is 11.8 Å². The van der Waals surface area contributed by atoms with Gasteiger partial charge in [-0.1, -0.05) is 25.0 Å². The predicted octanol–water partition coefficient (Wildman–Crippen LogP) is 1.55. The van der Waals surface area contributed by atoms with Crippen molar-refractivity contribution in [1.82, 2.24) is 10.2 Å². The van der Waals surface area contributed by atoms with Crippen molar-refractivity contribution in [3.8, 4) is 0 Å². The standard InChI is InChI=1S/C20H23FN2O5/c1-12(23-18(25)15-4-2-3-5-16(15)19(23)26)20(27)28-11-17(24)22-10-13-6-8-14(21)9-7-13/h6-9,12,15-16H,2-5,10-11H2,1H3,(H,22,24)/t12-,15-,16+/m0/s1. The molecule has 1 saturated carbocycles. The lowest BCUT2D eigenvalue weighted by Crippen LogP contribution is -2.45. The third-order valence-corrected chi connectivity index (χ3v) is 5.35. The smallest absolute Gasteiger partial charge is 0.329 e. The Balaban J connectivity index is 1.48. The summed E-state index contributed by atoms with van der Waals surface area (Å²) in [6, 6.07) is 4.58. The number of ether oxygens (including phenoxy) is 1. The zero-order chi connectivity index (χ0) is 20.3. The Morgan fingerprint density at radius 3 is 2.29 bits per heavy atom. The molecule has 3 amide bonds. The van der Waals surface area contributed by atoms with Crippen molar-refractivity contribution in [3.05, 3.63) is 35.6 Å². The zero-order valence-electron chi connectivity index (χ0n) is 15.7. The third-order valence-electron chi connectivity index (χ3n) is 5.35. The number of hydrogen-bond donors (Lipinski definition) is 1. The molecule has 3 rings (SSSR count). The van der Waals surface area contributed by atoms with Crippen molar-refractivity contribution in [2.24, 2.45) is 11.8 Å². The second-order valence-electron chi connectivity index (χ2n) is 7.23. The monoisotopic (exact) mass is 390 g/mol. The molecule has 2 fully saturated rings. The van der Waals surface area contributed by atoms with Crippen LogP contribution in [0.2, 0.25) is 0 Å². The number of nitrogens with zero attached hydrogens (tertiary/aromatic N) is 1. The van der Waals surface area contributed by atoms with Crippen LogP contribution in [0.15, 0.2) is 24.3 Å². The highest BCUT2D eigenvalue weighted by molar-refractivity contribution is 6.07. The van der Waals surface area contributed by atoms with Crippen LogP contribution in [0.3, 0.4) is 0 Å². The Bertz CT molecular complexity index is 755. The van der Waals surface area contributed by atoms with Crippen LogP contribution in [0.1, 0.15) is 38.2 Å². The fourth-order valence-electron chi connectivity index (χ4n) is 3.79. The first kappa shape index (κ1) is 20.0. The molecule has 1 aromatic carbocycles. The number of imide groups is 1. The summed E-state index contributed by atoms with van der Waals surface area (Å²) in [5.74, 6) is -3.01. The molecule has 2 aliphatic rings. The lowest BCUT2D eigenvalue weighted by atomic mass is 9.81. The minimum atomic E-state index is -1.06. The van der Waals surface area contributed by atoms with Gasteiger partial charge >= 0.3 is 5.97 Å². The van der Waals surface area contributed by atoms with E-state index in [2.05, 4.69) is 5.32 Å². The van der Waals surface area contributed by atoms with Gasteiger partial charge in [0.1, 0.15) is 11.9 Å². The average Bonchev–Trinajstić information content (AvgIpc) is 2.96. The summed E-state index contributed by atoms with van der Waals surface area (Å²) in [7, 11) is 0. The topological polar surface area (TPSA) is 92.8 Å². The van der Waals surface area contributed by atoms with Crippen molar-refractivity contribution in [3.63, 3.8) is 0 Å². The minimum Gasteiger partial charge on any atom is -0.454 e. The molecule has 8 heteroatoms. The molecule has 150 valence electrons. The van der Waals surface area contributed by atoms with E-state index in [1.165, 1.54) is 31.2 Å². The fourth-order valence-corrected chi connectivity index (χ4v) is 3.79. The van der Waals surface area contributed by atoms with Crippen molar-refractivity contribution >= 4 is 23.7 Å². The van der Waals surface area contributed by atoms with Gasteiger partial charge in [-0.25, -0.2) is 9.18 Å². The SMILES string of the molecule is C[C@@H](C(=O)OCC(=O)NCc1ccc(F)cc1)N1C(=O)[C@H]2CCCC[C@H]2C1=O. The van der Waals surface area contributed by atoms with E-state index in [-0.39, 0.29) is 36.0 Å². The number of amides is 3. The number of likely N-dealkylation sites (tertiary alicyclic amines) is 1. The molecule has 3 atom stereocenters. The second kappa shape index (κ2) is 8.50. The molecule has 0 radical (unpaired) electrons. The highest BCUT2D eigenvalue weighted by atomic mass is 19.1. The van der Waals surface area contributed by atoms with E-state index < -0.39 is 24.5 Å². The zero-order valence-corrected chi connectivity index (χ0v) is 15.7. The molecule has 0 bridgehead atoms. The van der Waals surface area contributed by atoms with Crippen LogP contribution in [0.25, 0.3) is 0 Å². The molecular formula is C20H23FN2O5. The van der Waals surface area contributed by atoms with Gasteiger partial charge in [0, 0.05) is 6.54 Å². The molecule has 1 saturated heterocycles. The number of fused-ring (bicyclic) bond motifs is 1. The number of hydrogen-bond acceptors (Lipinski definition) is 5. The van der Waals surface area contributed by atoms with Gasteiger partial charge in [-0.3, -0.25) is 19.3 Å². The maximum Gasteiger partial charge on any atom is 0.329 e. The Labute approximate surface area is 162 Å². The minimum absolute atomic E-state index is 0.165. The maximum absolute atomic E-state index is 12.9. The van der Waals surface area contributed by atoms with Crippen LogP contribution in [0, 0.1) is 17.7 Å². The normalized spacial score (nSPS) is 22.6. The van der Waals surface area contributed by atoms with E-state index in [9.17, 15) is 23.6 Å². The van der Waals surface area contributed by atoms with E-state index >= 15 is 0 Å². The van der Waals surface area contributed by atoms with E-state index in [1.807, 2.05) is 0 Å². The Morgan fingerprint density at radius 1 is 1.14 bits per heavy atom. The second-order valence-corrected chi connectivity index (χ2v) is 7.23. The molecule has 1 heterocycles. The van der Waals surface area contributed by atoms with Gasteiger partial charge in [0.05, 0.1) is 11.8 Å². The Kier molecular flexibility index (Phi) is 6.06. The largest absolute Gasteiger partial charge is 0.454 e. The van der Waals surface area contributed by atoms with Gasteiger partial charge < -0.3 is 10.1 Å². The average molecular weight is 390 g/mol. The lowest BCUT2D eigenvalue weighted by Gasteiger charge is -2.21. The highest BCUT2D eigenvalue weighted by Crippen LogP contribution is 2.38. The van der Waals surface area contributed by atoms with E-state index in [4.69, 9.17) is 4.74 Å². The van der Waals surface area contributed by atoms with Crippen LogP contribution < -0.4 is 5.32 Å². The molecule has 1 aliphatic heterocycles. The van der Waals surface area contributed by atoms with E-state index in [0.29, 0.717) is 18.4 Å². The number of halogens is 1. The van der Waals surface area contributed by atoms with Gasteiger partial charge in [0.25, 0.3) is 5.91 Å². The number of carbonyl (C=O) groups is 4.